The second kappa shape index (κ2) is 13.2. The second-order valence-corrected chi connectivity index (χ2v) is 14.4. The summed E-state index contributed by atoms with van der Waals surface area (Å²) in [6.45, 7) is 0.225. The van der Waals surface area contributed by atoms with Crippen LogP contribution in [0, 0.1) is 0 Å². The van der Waals surface area contributed by atoms with Gasteiger partial charge in [0.15, 0.2) is 9.84 Å². The van der Waals surface area contributed by atoms with E-state index in [4.69, 9.17) is 0 Å². The average molecular weight is 606 g/mol. The number of carbonyl (C=O) groups excluding carboxylic acids is 1. The molecule has 3 N–H and O–H groups in total. The van der Waals surface area contributed by atoms with Gasteiger partial charge in [-0.1, -0.05) is 91.3 Å². The predicted octanol–water partition coefficient (Wildman–Crippen LogP) is 3.83. The van der Waals surface area contributed by atoms with Crippen molar-refractivity contribution < 1.29 is 21.6 Å². The van der Waals surface area contributed by atoms with Gasteiger partial charge in [-0.2, -0.15) is 0 Å². The monoisotopic (exact) mass is 605 g/mol. The number of hydrogen-bond donors (Lipinski definition) is 3. The van der Waals surface area contributed by atoms with Crippen LogP contribution in [0.2, 0.25) is 0 Å². The van der Waals surface area contributed by atoms with Crippen LogP contribution >= 0.6 is 0 Å². The highest BCUT2D eigenvalue weighted by Crippen LogP contribution is 2.23. The smallest absolute Gasteiger partial charge is 0.241 e. The standard InChI is InChI=1S/C32H35N3O5S2/c36-32-29(22-24-12-3-1-4-13-24)34-30(23-41(37,38)26-16-5-2-6-17-26)28(35-32)19-9-10-21-33-42(39,40)31-20-11-15-25-14-7-8-18-27(25)31/h1-8,11-18,20,28-30,33-34H,9-10,19,21-23H2,(H,35,36)/t28-,29-,30+/m0/s1. The number of amides is 1. The van der Waals surface area contributed by atoms with Crippen LogP contribution in [0.4, 0.5) is 0 Å². The van der Waals surface area contributed by atoms with Crippen molar-refractivity contribution >= 4 is 36.5 Å². The van der Waals surface area contributed by atoms with Gasteiger partial charge in [0.1, 0.15) is 0 Å². The fourth-order valence-electron chi connectivity index (χ4n) is 5.44. The number of piperazine rings is 1. The summed E-state index contributed by atoms with van der Waals surface area (Å²) in [5, 5.41) is 7.90. The van der Waals surface area contributed by atoms with Crippen molar-refractivity contribution in [2.45, 2.75) is 53.6 Å². The molecule has 220 valence electrons. The molecule has 0 aliphatic carbocycles. The Kier molecular flexibility index (Phi) is 9.37. The molecule has 0 saturated carbocycles. The summed E-state index contributed by atoms with van der Waals surface area (Å²) in [5.74, 6) is -0.338. The van der Waals surface area contributed by atoms with E-state index in [1.165, 1.54) is 0 Å². The molecule has 3 atom stereocenters. The molecular weight excluding hydrogens is 571 g/mol. The summed E-state index contributed by atoms with van der Waals surface area (Å²) in [7, 11) is -7.33. The summed E-state index contributed by atoms with van der Waals surface area (Å²) < 4.78 is 55.3. The maximum absolute atomic E-state index is 13.3. The van der Waals surface area contributed by atoms with Crippen molar-refractivity contribution in [2.75, 3.05) is 12.3 Å². The zero-order valence-electron chi connectivity index (χ0n) is 23.1. The molecule has 0 aromatic heterocycles. The van der Waals surface area contributed by atoms with Crippen molar-refractivity contribution in [3.63, 3.8) is 0 Å². The van der Waals surface area contributed by atoms with Gasteiger partial charge in [-0.05, 0) is 48.4 Å². The molecule has 4 aromatic rings. The van der Waals surface area contributed by atoms with E-state index in [9.17, 15) is 21.6 Å². The molecule has 0 radical (unpaired) electrons. The van der Waals surface area contributed by atoms with Gasteiger partial charge in [0, 0.05) is 24.0 Å². The number of sulfonamides is 1. The van der Waals surface area contributed by atoms with Crippen LogP contribution in [0.25, 0.3) is 10.8 Å². The van der Waals surface area contributed by atoms with E-state index in [-0.39, 0.29) is 28.0 Å². The molecule has 4 aromatic carbocycles. The molecule has 0 spiro atoms. The molecule has 0 unspecified atom stereocenters. The van der Waals surface area contributed by atoms with Crippen LogP contribution in [0.5, 0.6) is 0 Å². The molecule has 5 rings (SSSR count). The molecule has 1 amide bonds. The molecule has 1 fully saturated rings. The molecule has 42 heavy (non-hydrogen) atoms. The molecule has 8 nitrogen and oxygen atoms in total. The largest absolute Gasteiger partial charge is 0.350 e. The third-order valence-electron chi connectivity index (χ3n) is 7.60. The SMILES string of the molecule is O=C1N[C@@H](CCCCNS(=O)(=O)c2cccc3ccccc23)[C@@H](CS(=O)(=O)c2ccccc2)N[C@H]1Cc1ccccc1. The van der Waals surface area contributed by atoms with Crippen LogP contribution in [0.3, 0.4) is 0 Å². The Hall–Kier alpha value is -3.57. The van der Waals surface area contributed by atoms with Gasteiger partial charge in [-0.15, -0.1) is 0 Å². The fourth-order valence-corrected chi connectivity index (χ4v) is 8.30. The number of benzene rings is 4. The number of hydrogen-bond acceptors (Lipinski definition) is 6. The van der Waals surface area contributed by atoms with Gasteiger partial charge in [0.05, 0.1) is 21.6 Å². The van der Waals surface area contributed by atoms with Gasteiger partial charge in [0.2, 0.25) is 15.9 Å². The normalized spacial score (nSPS) is 19.4. The second-order valence-electron chi connectivity index (χ2n) is 10.6. The van der Waals surface area contributed by atoms with Crippen molar-refractivity contribution in [1.82, 2.24) is 15.4 Å². The number of fused-ring (bicyclic) bond motifs is 1. The average Bonchev–Trinajstić information content (AvgIpc) is 2.99. The van der Waals surface area contributed by atoms with Crippen molar-refractivity contribution in [1.29, 1.82) is 0 Å². The van der Waals surface area contributed by atoms with Gasteiger partial charge >= 0.3 is 0 Å². The molecule has 0 bridgehead atoms. The van der Waals surface area contributed by atoms with Gasteiger partial charge in [-0.25, -0.2) is 21.6 Å². The Morgan fingerprint density at radius 1 is 0.714 bits per heavy atom. The minimum Gasteiger partial charge on any atom is -0.350 e. The lowest BCUT2D eigenvalue weighted by atomic mass is 9.95. The first-order valence-corrected chi connectivity index (χ1v) is 17.2. The highest BCUT2D eigenvalue weighted by Gasteiger charge is 2.37. The third-order valence-corrected chi connectivity index (χ3v) is 10.9. The lowest BCUT2D eigenvalue weighted by molar-refractivity contribution is -0.126. The quantitative estimate of drug-likeness (QED) is 0.211. The lowest BCUT2D eigenvalue weighted by Gasteiger charge is -2.38. The Morgan fingerprint density at radius 3 is 2.14 bits per heavy atom. The Labute approximate surface area is 247 Å². The molecule has 1 heterocycles. The minimum absolute atomic E-state index is 0.166. The number of rotatable bonds is 12. The first kappa shape index (κ1) is 29.9. The summed E-state index contributed by atoms with van der Waals surface area (Å²) in [4.78, 5) is 13.5. The Bertz CT molecular complexity index is 1720. The summed E-state index contributed by atoms with van der Waals surface area (Å²) in [6.07, 6.45) is 2.07. The number of sulfone groups is 1. The fraction of sp³-hybridized carbons (Fsp3) is 0.281. The van der Waals surface area contributed by atoms with E-state index in [0.29, 0.717) is 31.1 Å². The van der Waals surface area contributed by atoms with Gasteiger partial charge < -0.3 is 5.32 Å². The van der Waals surface area contributed by atoms with Crippen LogP contribution < -0.4 is 15.4 Å². The van der Waals surface area contributed by atoms with E-state index in [1.54, 1.807) is 48.5 Å². The zero-order chi connectivity index (χ0) is 29.6. The van der Waals surface area contributed by atoms with Crippen molar-refractivity contribution in [3.8, 4) is 0 Å². The minimum atomic E-state index is -3.71. The maximum atomic E-state index is 13.3. The summed E-state index contributed by atoms with van der Waals surface area (Å²) in [6, 6.07) is 29.0. The topological polar surface area (TPSA) is 121 Å². The third kappa shape index (κ3) is 7.25. The highest BCUT2D eigenvalue weighted by atomic mass is 32.2. The maximum Gasteiger partial charge on any atom is 0.241 e. The summed E-state index contributed by atoms with van der Waals surface area (Å²) in [5.41, 5.74) is 0.978. The number of carbonyl (C=O) groups is 1. The highest BCUT2D eigenvalue weighted by molar-refractivity contribution is 7.91. The van der Waals surface area contributed by atoms with Crippen LogP contribution in [0.15, 0.2) is 113 Å². The molecule has 1 saturated heterocycles. The van der Waals surface area contributed by atoms with E-state index in [1.807, 2.05) is 54.6 Å². The number of nitrogens with one attached hydrogen (secondary N) is 3. The van der Waals surface area contributed by atoms with Gasteiger partial charge in [0.25, 0.3) is 0 Å². The van der Waals surface area contributed by atoms with Crippen molar-refractivity contribution in [2.24, 2.45) is 0 Å². The first-order chi connectivity index (χ1) is 20.2. The van der Waals surface area contributed by atoms with Crippen LogP contribution in [-0.4, -0.2) is 53.2 Å². The predicted molar refractivity (Wildman–Crippen MR) is 164 cm³/mol. The number of unbranched alkanes of at least 4 members (excludes halogenated alkanes) is 1. The van der Waals surface area contributed by atoms with E-state index in [2.05, 4.69) is 15.4 Å². The molecule has 10 heteroatoms. The Balaban J connectivity index is 1.23. The van der Waals surface area contributed by atoms with Crippen LogP contribution in [0.1, 0.15) is 24.8 Å². The molecule has 1 aliphatic rings. The summed E-state index contributed by atoms with van der Waals surface area (Å²) >= 11 is 0. The van der Waals surface area contributed by atoms with E-state index >= 15 is 0 Å². The molecule has 1 aliphatic heterocycles. The van der Waals surface area contributed by atoms with E-state index in [0.717, 1.165) is 10.9 Å². The van der Waals surface area contributed by atoms with Crippen molar-refractivity contribution in [3.05, 3.63) is 109 Å². The zero-order valence-corrected chi connectivity index (χ0v) is 24.8. The lowest BCUT2D eigenvalue weighted by Crippen LogP contribution is -2.66. The van der Waals surface area contributed by atoms with E-state index < -0.39 is 38.0 Å². The molecular formula is C32H35N3O5S2. The first-order valence-electron chi connectivity index (χ1n) is 14.1. The van der Waals surface area contributed by atoms with Gasteiger partial charge in [-0.3, -0.25) is 10.1 Å². The Morgan fingerprint density at radius 2 is 1.38 bits per heavy atom. The van der Waals surface area contributed by atoms with Crippen LogP contribution in [-0.2, 0) is 31.1 Å².